The zero-order valence-electron chi connectivity index (χ0n) is 14.7. The molecule has 6 nitrogen and oxygen atoms in total. The van der Waals surface area contributed by atoms with E-state index in [0.717, 1.165) is 0 Å². The topological polar surface area (TPSA) is 93.1 Å². The normalized spacial score (nSPS) is 16.9. The van der Waals surface area contributed by atoms with Gasteiger partial charge >= 0.3 is 11.9 Å². The quantitative estimate of drug-likeness (QED) is 0.601. The van der Waals surface area contributed by atoms with Crippen molar-refractivity contribution in [3.8, 4) is 0 Å². The van der Waals surface area contributed by atoms with Crippen molar-refractivity contribution in [3.63, 3.8) is 0 Å². The lowest BCUT2D eigenvalue weighted by molar-refractivity contribution is -0.182. The van der Waals surface area contributed by atoms with Crippen LogP contribution in [-0.2, 0) is 19.1 Å². The second-order valence-electron chi connectivity index (χ2n) is 6.84. The fourth-order valence-electron chi connectivity index (χ4n) is 2.65. The summed E-state index contributed by atoms with van der Waals surface area (Å²) in [5, 5.41) is 18.5. The molecule has 0 fully saturated rings. The third-order valence-corrected chi connectivity index (χ3v) is 5.05. The molecule has 0 rings (SSSR count). The SMILES string of the molecule is COC(C)OC(C)C(CCC(=O)O)C(C)(C)C(C)(C)C(=O)O. The maximum absolute atomic E-state index is 11.6. The maximum Gasteiger partial charge on any atom is 0.309 e. The molecule has 130 valence electrons. The second kappa shape index (κ2) is 7.92. The van der Waals surface area contributed by atoms with Crippen LogP contribution in [0.15, 0.2) is 0 Å². The summed E-state index contributed by atoms with van der Waals surface area (Å²) in [5.41, 5.74) is -1.69. The largest absolute Gasteiger partial charge is 0.481 e. The summed E-state index contributed by atoms with van der Waals surface area (Å²) in [4.78, 5) is 22.6. The van der Waals surface area contributed by atoms with Gasteiger partial charge < -0.3 is 19.7 Å². The van der Waals surface area contributed by atoms with Gasteiger partial charge in [-0.1, -0.05) is 13.8 Å². The van der Waals surface area contributed by atoms with Crippen LogP contribution >= 0.6 is 0 Å². The summed E-state index contributed by atoms with van der Waals surface area (Å²) in [6.45, 7) is 10.6. The Labute approximate surface area is 132 Å². The van der Waals surface area contributed by atoms with Gasteiger partial charge in [0.05, 0.1) is 11.5 Å². The van der Waals surface area contributed by atoms with Crippen LogP contribution in [0.2, 0.25) is 0 Å². The van der Waals surface area contributed by atoms with Crippen LogP contribution in [0, 0.1) is 16.7 Å². The highest BCUT2D eigenvalue weighted by Gasteiger charge is 2.50. The van der Waals surface area contributed by atoms with E-state index in [9.17, 15) is 14.7 Å². The van der Waals surface area contributed by atoms with Crippen LogP contribution in [0.4, 0.5) is 0 Å². The summed E-state index contributed by atoms with van der Waals surface area (Å²) >= 11 is 0. The fourth-order valence-corrected chi connectivity index (χ4v) is 2.65. The first-order valence-corrected chi connectivity index (χ1v) is 7.51. The summed E-state index contributed by atoms with van der Waals surface area (Å²) in [5.74, 6) is -2.06. The van der Waals surface area contributed by atoms with Gasteiger partial charge in [0.1, 0.15) is 0 Å². The van der Waals surface area contributed by atoms with E-state index in [0.29, 0.717) is 6.42 Å². The molecule has 3 unspecified atom stereocenters. The van der Waals surface area contributed by atoms with Crippen LogP contribution in [0.3, 0.4) is 0 Å². The van der Waals surface area contributed by atoms with Crippen molar-refractivity contribution in [2.45, 2.75) is 66.8 Å². The zero-order chi connectivity index (χ0) is 17.7. The number of methoxy groups -OCH3 is 1. The zero-order valence-corrected chi connectivity index (χ0v) is 14.7. The average molecular weight is 318 g/mol. The van der Waals surface area contributed by atoms with E-state index < -0.39 is 29.1 Å². The van der Waals surface area contributed by atoms with Crippen LogP contribution in [0.5, 0.6) is 0 Å². The molecule has 3 atom stereocenters. The first-order chi connectivity index (χ1) is 9.87. The molecule has 0 aromatic heterocycles. The molecule has 0 saturated heterocycles. The van der Waals surface area contributed by atoms with E-state index in [1.807, 2.05) is 20.8 Å². The van der Waals surface area contributed by atoms with Crippen LogP contribution in [0.25, 0.3) is 0 Å². The molecule has 6 heteroatoms. The van der Waals surface area contributed by atoms with Crippen molar-refractivity contribution in [2.75, 3.05) is 7.11 Å². The minimum Gasteiger partial charge on any atom is -0.481 e. The molecule has 0 radical (unpaired) electrons. The van der Waals surface area contributed by atoms with Gasteiger partial charge in [-0.2, -0.15) is 0 Å². The van der Waals surface area contributed by atoms with Crippen molar-refractivity contribution < 1.29 is 29.3 Å². The number of carbonyl (C=O) groups is 2. The van der Waals surface area contributed by atoms with E-state index in [-0.39, 0.29) is 18.4 Å². The predicted octanol–water partition coefficient (Wildman–Crippen LogP) is 3.00. The molecule has 0 aliphatic carbocycles. The molecule has 0 aromatic carbocycles. The van der Waals surface area contributed by atoms with E-state index >= 15 is 0 Å². The van der Waals surface area contributed by atoms with Crippen LogP contribution in [-0.4, -0.2) is 41.7 Å². The van der Waals surface area contributed by atoms with Crippen molar-refractivity contribution in [1.82, 2.24) is 0 Å². The highest BCUT2D eigenvalue weighted by Crippen LogP contribution is 2.48. The first-order valence-electron chi connectivity index (χ1n) is 7.51. The fraction of sp³-hybridized carbons (Fsp3) is 0.875. The van der Waals surface area contributed by atoms with Gasteiger partial charge in [-0.05, 0) is 45.4 Å². The molecule has 22 heavy (non-hydrogen) atoms. The Morgan fingerprint density at radius 2 is 1.59 bits per heavy atom. The molecule has 0 bridgehead atoms. The minimum absolute atomic E-state index is 0.0289. The second-order valence-corrected chi connectivity index (χ2v) is 6.84. The summed E-state index contributed by atoms with van der Waals surface area (Å²) < 4.78 is 10.8. The lowest BCUT2D eigenvalue weighted by Gasteiger charge is -2.46. The number of aliphatic carboxylic acids is 2. The Bertz CT molecular complexity index is 388. The molecule has 0 aliphatic rings. The molecule has 0 saturated carbocycles. The monoisotopic (exact) mass is 318 g/mol. The van der Waals surface area contributed by atoms with Gasteiger partial charge in [0.2, 0.25) is 0 Å². The Kier molecular flexibility index (Phi) is 7.51. The molecule has 0 aromatic rings. The lowest BCUT2D eigenvalue weighted by atomic mass is 9.58. The van der Waals surface area contributed by atoms with Gasteiger partial charge in [-0.25, -0.2) is 0 Å². The highest BCUT2D eigenvalue weighted by molar-refractivity contribution is 5.74. The minimum atomic E-state index is -1.02. The van der Waals surface area contributed by atoms with Crippen molar-refractivity contribution in [2.24, 2.45) is 16.7 Å². The van der Waals surface area contributed by atoms with Gasteiger partial charge in [0, 0.05) is 13.5 Å². The number of hydrogen-bond acceptors (Lipinski definition) is 4. The number of hydrogen-bond donors (Lipinski definition) is 2. The smallest absolute Gasteiger partial charge is 0.309 e. The number of ether oxygens (including phenoxy) is 2. The van der Waals surface area contributed by atoms with E-state index in [1.165, 1.54) is 7.11 Å². The number of carboxylic acids is 2. The number of carboxylic acid groups (broad SMARTS) is 2. The van der Waals surface area contributed by atoms with Crippen LogP contribution < -0.4 is 0 Å². The first kappa shape index (κ1) is 20.9. The van der Waals surface area contributed by atoms with E-state index in [4.69, 9.17) is 14.6 Å². The van der Waals surface area contributed by atoms with Gasteiger partial charge in [-0.3, -0.25) is 9.59 Å². The van der Waals surface area contributed by atoms with Gasteiger partial charge in [0.15, 0.2) is 6.29 Å². The Morgan fingerprint density at radius 3 is 1.95 bits per heavy atom. The lowest BCUT2D eigenvalue weighted by Crippen LogP contribution is -2.48. The maximum atomic E-state index is 11.6. The van der Waals surface area contributed by atoms with Crippen LogP contribution in [0.1, 0.15) is 54.4 Å². The van der Waals surface area contributed by atoms with Crippen molar-refractivity contribution in [3.05, 3.63) is 0 Å². The summed E-state index contributed by atoms with van der Waals surface area (Å²) in [6, 6.07) is 0. The van der Waals surface area contributed by atoms with E-state index in [2.05, 4.69) is 0 Å². The predicted molar refractivity (Wildman–Crippen MR) is 82.6 cm³/mol. The standard InChI is InChI=1S/C16H30O6/c1-10(22-11(2)21-7)12(8-9-13(17)18)15(3,4)16(5,6)14(19)20/h10-12H,8-9H2,1-7H3,(H,17,18)(H,19,20). The van der Waals surface area contributed by atoms with E-state index in [1.54, 1.807) is 20.8 Å². The molecule has 0 heterocycles. The molecular weight excluding hydrogens is 288 g/mol. The molecule has 0 spiro atoms. The summed E-state index contributed by atoms with van der Waals surface area (Å²) in [6.07, 6.45) is -0.454. The summed E-state index contributed by atoms with van der Waals surface area (Å²) in [7, 11) is 1.52. The molecule has 0 amide bonds. The Balaban J connectivity index is 5.45. The molecule has 0 aliphatic heterocycles. The molecular formula is C16H30O6. The Hall–Kier alpha value is -1.14. The van der Waals surface area contributed by atoms with Gasteiger partial charge in [-0.15, -0.1) is 0 Å². The van der Waals surface area contributed by atoms with Gasteiger partial charge in [0.25, 0.3) is 0 Å². The third kappa shape index (κ3) is 4.95. The third-order valence-electron chi connectivity index (χ3n) is 5.05. The number of rotatable bonds is 10. The average Bonchev–Trinajstić information content (AvgIpc) is 2.37. The Morgan fingerprint density at radius 1 is 1.09 bits per heavy atom. The highest BCUT2D eigenvalue weighted by atomic mass is 16.7. The van der Waals surface area contributed by atoms with Crippen molar-refractivity contribution >= 4 is 11.9 Å². The van der Waals surface area contributed by atoms with Crippen molar-refractivity contribution in [1.29, 1.82) is 0 Å². The molecule has 2 N–H and O–H groups in total.